The van der Waals surface area contributed by atoms with E-state index in [2.05, 4.69) is 15.9 Å². The molecule has 0 atom stereocenters. The maximum Gasteiger partial charge on any atom is 0.146 e. The van der Waals surface area contributed by atoms with Crippen molar-refractivity contribution < 1.29 is 8.78 Å². The standard InChI is InChI=1S/C6HBrCl2F2/c7-4-2(10)1-3(11)5(8)6(4)9/h1H. The van der Waals surface area contributed by atoms with Crippen molar-refractivity contribution in [1.29, 1.82) is 0 Å². The molecule has 0 aliphatic heterocycles. The summed E-state index contributed by atoms with van der Waals surface area (Å²) < 4.78 is 25.1. The van der Waals surface area contributed by atoms with Crippen LogP contribution >= 0.6 is 39.1 Å². The van der Waals surface area contributed by atoms with Crippen LogP contribution in [-0.2, 0) is 0 Å². The molecule has 0 bridgehead atoms. The van der Waals surface area contributed by atoms with Gasteiger partial charge in [-0.2, -0.15) is 0 Å². The summed E-state index contributed by atoms with van der Waals surface area (Å²) in [5.74, 6) is -1.63. The van der Waals surface area contributed by atoms with Gasteiger partial charge in [-0.1, -0.05) is 23.2 Å². The average molecular weight is 262 g/mol. The highest BCUT2D eigenvalue weighted by atomic mass is 79.9. The molecule has 0 saturated heterocycles. The molecule has 0 spiro atoms. The van der Waals surface area contributed by atoms with E-state index in [-0.39, 0.29) is 14.5 Å². The lowest BCUT2D eigenvalue weighted by atomic mass is 10.3. The summed E-state index contributed by atoms with van der Waals surface area (Å²) >= 11 is 13.6. The molecule has 0 amide bonds. The van der Waals surface area contributed by atoms with Gasteiger partial charge in [0.2, 0.25) is 0 Å². The molecule has 0 radical (unpaired) electrons. The Labute approximate surface area is 80.2 Å². The molecule has 0 N–H and O–H groups in total. The Morgan fingerprint density at radius 2 is 1.64 bits per heavy atom. The maximum atomic E-state index is 12.6. The molecule has 0 nitrogen and oxygen atoms in total. The van der Waals surface area contributed by atoms with Crippen molar-refractivity contribution in [3.8, 4) is 0 Å². The van der Waals surface area contributed by atoms with E-state index in [1.54, 1.807) is 0 Å². The van der Waals surface area contributed by atoms with Crippen molar-refractivity contribution in [3.05, 3.63) is 32.2 Å². The van der Waals surface area contributed by atoms with E-state index in [1.807, 2.05) is 0 Å². The largest absolute Gasteiger partial charge is 0.206 e. The van der Waals surface area contributed by atoms with E-state index in [1.165, 1.54) is 0 Å². The van der Waals surface area contributed by atoms with Crippen LogP contribution in [0.2, 0.25) is 10.0 Å². The molecule has 0 heterocycles. The molecule has 60 valence electrons. The van der Waals surface area contributed by atoms with Crippen LogP contribution in [0.1, 0.15) is 0 Å². The summed E-state index contributed by atoms with van der Waals surface area (Å²) in [4.78, 5) is 0. The van der Waals surface area contributed by atoms with Crippen molar-refractivity contribution in [2.45, 2.75) is 0 Å². The lowest BCUT2D eigenvalue weighted by Gasteiger charge is -2.00. The molecular formula is C6HBrCl2F2. The third kappa shape index (κ3) is 1.66. The van der Waals surface area contributed by atoms with E-state index in [0.29, 0.717) is 6.07 Å². The van der Waals surface area contributed by atoms with Gasteiger partial charge < -0.3 is 0 Å². The first-order valence-corrected chi connectivity index (χ1v) is 4.07. The van der Waals surface area contributed by atoms with Gasteiger partial charge in [-0.05, 0) is 15.9 Å². The summed E-state index contributed by atoms with van der Waals surface area (Å²) in [6.07, 6.45) is 0. The Morgan fingerprint density at radius 3 is 2.18 bits per heavy atom. The minimum absolute atomic E-state index is 0.0226. The summed E-state index contributed by atoms with van der Waals surface area (Å²) in [5.41, 5.74) is 0. The Balaban J connectivity index is 3.46. The Kier molecular flexibility index (Phi) is 2.73. The fourth-order valence-corrected chi connectivity index (χ4v) is 1.30. The molecule has 0 fully saturated rings. The molecule has 0 aliphatic rings. The van der Waals surface area contributed by atoms with Crippen LogP contribution in [-0.4, -0.2) is 0 Å². The average Bonchev–Trinajstić information content (AvgIpc) is 1.97. The Bertz CT molecular complexity index is 275. The summed E-state index contributed by atoms with van der Waals surface area (Å²) in [6, 6.07) is 0.665. The van der Waals surface area contributed by atoms with E-state index in [9.17, 15) is 8.78 Å². The number of hydrogen-bond acceptors (Lipinski definition) is 0. The summed E-state index contributed by atoms with van der Waals surface area (Å²) in [6.45, 7) is 0. The molecule has 0 aliphatic carbocycles. The normalized spacial score (nSPS) is 10.3. The van der Waals surface area contributed by atoms with Crippen LogP contribution in [0.3, 0.4) is 0 Å². The second-order valence-corrected chi connectivity index (χ2v) is 3.33. The van der Waals surface area contributed by atoms with E-state index in [0.717, 1.165) is 0 Å². The Morgan fingerprint density at radius 1 is 1.09 bits per heavy atom. The predicted molar refractivity (Wildman–Crippen MR) is 44.1 cm³/mol. The van der Waals surface area contributed by atoms with Crippen LogP contribution in [0.25, 0.3) is 0 Å². The van der Waals surface area contributed by atoms with Crippen LogP contribution < -0.4 is 0 Å². The molecule has 0 aromatic heterocycles. The molecule has 11 heavy (non-hydrogen) atoms. The minimum Gasteiger partial charge on any atom is -0.206 e. The van der Waals surface area contributed by atoms with Gasteiger partial charge in [-0.3, -0.25) is 0 Å². The molecule has 5 heteroatoms. The lowest BCUT2D eigenvalue weighted by molar-refractivity contribution is 0.579. The third-order valence-electron chi connectivity index (χ3n) is 1.06. The fraction of sp³-hybridized carbons (Fsp3) is 0. The van der Waals surface area contributed by atoms with Crippen molar-refractivity contribution in [1.82, 2.24) is 0 Å². The van der Waals surface area contributed by atoms with Crippen molar-refractivity contribution >= 4 is 39.1 Å². The number of hydrogen-bond donors (Lipinski definition) is 0. The molecular weight excluding hydrogens is 261 g/mol. The highest BCUT2D eigenvalue weighted by Gasteiger charge is 2.12. The first-order chi connectivity index (χ1) is 5.04. The van der Waals surface area contributed by atoms with Gasteiger partial charge in [-0.25, -0.2) is 8.78 Å². The minimum atomic E-state index is -0.864. The zero-order valence-electron chi connectivity index (χ0n) is 4.97. The molecule has 1 rings (SSSR count). The van der Waals surface area contributed by atoms with Crippen LogP contribution in [0.15, 0.2) is 10.5 Å². The van der Waals surface area contributed by atoms with Crippen molar-refractivity contribution in [3.63, 3.8) is 0 Å². The molecule has 1 aromatic carbocycles. The molecule has 1 aromatic rings. The van der Waals surface area contributed by atoms with Gasteiger partial charge in [0.15, 0.2) is 0 Å². The zero-order chi connectivity index (χ0) is 8.59. The van der Waals surface area contributed by atoms with Crippen molar-refractivity contribution in [2.24, 2.45) is 0 Å². The fourth-order valence-electron chi connectivity index (χ4n) is 0.544. The number of rotatable bonds is 0. The van der Waals surface area contributed by atoms with E-state index >= 15 is 0 Å². The highest BCUT2D eigenvalue weighted by molar-refractivity contribution is 9.10. The van der Waals surface area contributed by atoms with Gasteiger partial charge >= 0.3 is 0 Å². The van der Waals surface area contributed by atoms with Gasteiger partial charge in [0, 0.05) is 6.07 Å². The summed E-state index contributed by atoms with van der Waals surface area (Å²) in [5, 5.41) is -0.427. The third-order valence-corrected chi connectivity index (χ3v) is 2.91. The van der Waals surface area contributed by atoms with Gasteiger partial charge in [0.1, 0.15) is 11.6 Å². The van der Waals surface area contributed by atoms with E-state index in [4.69, 9.17) is 23.2 Å². The summed E-state index contributed by atoms with van der Waals surface area (Å²) in [7, 11) is 0. The smallest absolute Gasteiger partial charge is 0.146 e. The molecule has 0 saturated carbocycles. The van der Waals surface area contributed by atoms with Crippen LogP contribution in [0, 0.1) is 11.6 Å². The van der Waals surface area contributed by atoms with Gasteiger partial charge in [-0.15, -0.1) is 0 Å². The van der Waals surface area contributed by atoms with Gasteiger partial charge in [0.25, 0.3) is 0 Å². The first kappa shape index (κ1) is 9.23. The SMILES string of the molecule is Fc1cc(F)c(Br)c(Cl)c1Cl. The van der Waals surface area contributed by atoms with Crippen LogP contribution in [0.4, 0.5) is 8.78 Å². The Hall–Kier alpha value is 0.140. The maximum absolute atomic E-state index is 12.6. The number of benzene rings is 1. The second-order valence-electron chi connectivity index (χ2n) is 1.78. The van der Waals surface area contributed by atoms with Crippen LogP contribution in [0.5, 0.6) is 0 Å². The second kappa shape index (κ2) is 3.25. The highest BCUT2D eigenvalue weighted by Crippen LogP contribution is 2.34. The van der Waals surface area contributed by atoms with Crippen molar-refractivity contribution in [2.75, 3.05) is 0 Å². The molecule has 0 unspecified atom stereocenters. The predicted octanol–water partition coefficient (Wildman–Crippen LogP) is 4.03. The van der Waals surface area contributed by atoms with E-state index < -0.39 is 11.6 Å². The quantitative estimate of drug-likeness (QED) is 0.489. The lowest BCUT2D eigenvalue weighted by Crippen LogP contribution is -1.85. The first-order valence-electron chi connectivity index (χ1n) is 2.52. The zero-order valence-corrected chi connectivity index (χ0v) is 8.07. The topological polar surface area (TPSA) is 0 Å². The van der Waals surface area contributed by atoms with Gasteiger partial charge in [0.05, 0.1) is 14.5 Å². The number of halogens is 5. The monoisotopic (exact) mass is 260 g/mol.